The number of hydrogen-bond acceptors (Lipinski definition) is 3. The highest BCUT2D eigenvalue weighted by atomic mass is 32.1. The topological polar surface area (TPSA) is 33.1 Å². The van der Waals surface area contributed by atoms with E-state index >= 15 is 0 Å². The summed E-state index contributed by atoms with van der Waals surface area (Å²) in [6, 6.07) is 0. The van der Waals surface area contributed by atoms with Crippen molar-refractivity contribution in [3.63, 3.8) is 0 Å². The fourth-order valence-corrected chi connectivity index (χ4v) is 2.09. The van der Waals surface area contributed by atoms with Crippen LogP contribution >= 0.6 is 11.3 Å². The lowest BCUT2D eigenvalue weighted by atomic mass is 10.1. The molecule has 1 heterocycles. The zero-order valence-corrected chi connectivity index (χ0v) is 12.1. The Morgan fingerprint density at radius 1 is 1.55 bits per heavy atom. The van der Waals surface area contributed by atoms with Gasteiger partial charge in [-0.25, -0.2) is 4.98 Å². The molecule has 0 amide bonds. The highest BCUT2D eigenvalue weighted by molar-refractivity contribution is 7.09. The molecule has 1 rings (SSSR count). The smallest absolute Gasteiger partial charge is 0.388 e. The van der Waals surface area contributed by atoms with E-state index in [4.69, 9.17) is 0 Å². The fourth-order valence-electron chi connectivity index (χ4n) is 1.52. The molecule has 1 N–H and O–H groups in total. The molecule has 1 aromatic rings. The van der Waals surface area contributed by atoms with Crippen molar-refractivity contribution < 1.29 is 18.3 Å². The van der Waals surface area contributed by atoms with Gasteiger partial charge in [-0.3, -0.25) is 0 Å². The number of aryl methyl sites for hydroxylation is 1. The summed E-state index contributed by atoms with van der Waals surface area (Å²) in [5, 5.41) is 12.6. The van der Waals surface area contributed by atoms with Crippen LogP contribution in [0.3, 0.4) is 0 Å². The molecule has 0 saturated heterocycles. The summed E-state index contributed by atoms with van der Waals surface area (Å²) >= 11 is 1.47. The Labute approximate surface area is 120 Å². The van der Waals surface area contributed by atoms with Gasteiger partial charge in [0.2, 0.25) is 0 Å². The number of aliphatic hydroxyl groups excluding tert-OH is 1. The number of thiazole rings is 1. The predicted octanol–water partition coefficient (Wildman–Crippen LogP) is 4.28. The standard InChI is InChI=1S/C14H16F3NOS/c1-4-11(14(15,16)17)5-6-13(19)9(2)7-12-8-20-10(3)18-12/h4-5,7-8,13,19H,1,6H2,2-3H3/b9-7+,11-5-/t13-/m0/s1. The summed E-state index contributed by atoms with van der Waals surface area (Å²) in [6.45, 7) is 6.65. The Balaban J connectivity index is 2.75. The first-order valence-corrected chi connectivity index (χ1v) is 6.80. The minimum Gasteiger partial charge on any atom is -0.388 e. The van der Waals surface area contributed by atoms with Gasteiger partial charge >= 0.3 is 6.18 Å². The third-order valence-corrected chi connectivity index (χ3v) is 3.44. The first-order valence-electron chi connectivity index (χ1n) is 5.92. The summed E-state index contributed by atoms with van der Waals surface area (Å²) in [5.74, 6) is 0. The van der Waals surface area contributed by atoms with E-state index in [0.29, 0.717) is 11.3 Å². The number of aliphatic hydroxyl groups is 1. The van der Waals surface area contributed by atoms with E-state index in [1.165, 1.54) is 11.3 Å². The molecule has 0 aliphatic rings. The largest absolute Gasteiger partial charge is 0.416 e. The van der Waals surface area contributed by atoms with E-state index in [1.54, 1.807) is 13.0 Å². The second-order valence-electron chi connectivity index (χ2n) is 4.29. The first kappa shape index (κ1) is 16.7. The number of rotatable bonds is 5. The Morgan fingerprint density at radius 2 is 2.20 bits per heavy atom. The number of alkyl halides is 3. The van der Waals surface area contributed by atoms with Crippen molar-refractivity contribution in [1.82, 2.24) is 4.98 Å². The number of halogens is 3. The van der Waals surface area contributed by atoms with Gasteiger partial charge in [0.25, 0.3) is 0 Å². The zero-order valence-electron chi connectivity index (χ0n) is 11.2. The fraction of sp³-hybridized carbons (Fsp3) is 0.357. The van der Waals surface area contributed by atoms with Crippen molar-refractivity contribution in [3.8, 4) is 0 Å². The summed E-state index contributed by atoms with van der Waals surface area (Å²) < 4.78 is 37.4. The zero-order chi connectivity index (χ0) is 15.3. The van der Waals surface area contributed by atoms with Crippen molar-refractivity contribution in [1.29, 1.82) is 0 Å². The summed E-state index contributed by atoms with van der Waals surface area (Å²) in [4.78, 5) is 4.20. The van der Waals surface area contributed by atoms with E-state index in [-0.39, 0.29) is 6.42 Å². The van der Waals surface area contributed by atoms with Crippen LogP contribution in [0.5, 0.6) is 0 Å². The second kappa shape index (κ2) is 6.85. The average molecular weight is 303 g/mol. The highest BCUT2D eigenvalue weighted by Crippen LogP contribution is 2.27. The normalized spacial score (nSPS) is 15.3. The number of allylic oxidation sites excluding steroid dienone is 2. The molecule has 0 aliphatic carbocycles. The first-order chi connectivity index (χ1) is 9.24. The lowest BCUT2D eigenvalue weighted by Gasteiger charge is -2.11. The van der Waals surface area contributed by atoms with Crippen molar-refractivity contribution in [2.45, 2.75) is 32.5 Å². The molecule has 0 aromatic carbocycles. The van der Waals surface area contributed by atoms with Gasteiger partial charge < -0.3 is 5.11 Å². The SMILES string of the molecule is C=C/C(=C/C[C@H](O)/C(C)=C/c1csc(C)n1)C(F)(F)F. The molecule has 20 heavy (non-hydrogen) atoms. The molecule has 0 unspecified atom stereocenters. The van der Waals surface area contributed by atoms with Gasteiger partial charge in [-0.1, -0.05) is 18.7 Å². The molecule has 0 fully saturated rings. The molecule has 1 atom stereocenters. The summed E-state index contributed by atoms with van der Waals surface area (Å²) in [6.07, 6.45) is -2.17. The molecule has 0 bridgehead atoms. The Bertz CT molecular complexity index is 529. The third-order valence-electron chi connectivity index (χ3n) is 2.65. The van der Waals surface area contributed by atoms with Gasteiger partial charge in [0, 0.05) is 5.38 Å². The van der Waals surface area contributed by atoms with E-state index in [1.807, 2.05) is 12.3 Å². The maximum Gasteiger partial charge on any atom is 0.416 e. The Morgan fingerprint density at radius 3 is 2.65 bits per heavy atom. The van der Waals surface area contributed by atoms with Crippen molar-refractivity contribution in [3.05, 3.63) is 46.0 Å². The minimum atomic E-state index is -4.44. The Kier molecular flexibility index (Phi) is 5.71. The van der Waals surface area contributed by atoms with Gasteiger partial charge in [0.05, 0.1) is 22.4 Å². The molecule has 110 valence electrons. The molecule has 0 aliphatic heterocycles. The summed E-state index contributed by atoms with van der Waals surface area (Å²) in [7, 11) is 0. The molecule has 6 heteroatoms. The molecule has 1 aromatic heterocycles. The molecule has 0 spiro atoms. The monoisotopic (exact) mass is 303 g/mol. The second-order valence-corrected chi connectivity index (χ2v) is 5.35. The van der Waals surface area contributed by atoms with Crippen LogP contribution in [0.25, 0.3) is 6.08 Å². The number of nitrogens with zero attached hydrogens (tertiary/aromatic N) is 1. The molecule has 0 radical (unpaired) electrons. The van der Waals surface area contributed by atoms with Crippen LogP contribution in [0, 0.1) is 6.92 Å². The highest BCUT2D eigenvalue weighted by Gasteiger charge is 2.31. The maximum absolute atomic E-state index is 12.5. The van der Waals surface area contributed by atoms with Crippen molar-refractivity contribution >= 4 is 17.4 Å². The molecule has 0 saturated carbocycles. The number of aromatic nitrogens is 1. The lowest BCUT2D eigenvalue weighted by Crippen LogP contribution is -2.12. The van der Waals surface area contributed by atoms with Crippen LogP contribution in [-0.4, -0.2) is 22.4 Å². The van der Waals surface area contributed by atoms with Crippen LogP contribution in [-0.2, 0) is 0 Å². The van der Waals surface area contributed by atoms with Crippen LogP contribution in [0.2, 0.25) is 0 Å². The lowest BCUT2D eigenvalue weighted by molar-refractivity contribution is -0.0884. The van der Waals surface area contributed by atoms with E-state index in [9.17, 15) is 18.3 Å². The van der Waals surface area contributed by atoms with E-state index in [2.05, 4.69) is 11.6 Å². The molecular weight excluding hydrogens is 287 g/mol. The van der Waals surface area contributed by atoms with Gasteiger partial charge in [-0.2, -0.15) is 13.2 Å². The predicted molar refractivity (Wildman–Crippen MR) is 75.5 cm³/mol. The third kappa shape index (κ3) is 4.94. The van der Waals surface area contributed by atoms with E-state index in [0.717, 1.165) is 17.2 Å². The molecule has 2 nitrogen and oxygen atoms in total. The number of hydrogen-bond donors (Lipinski definition) is 1. The van der Waals surface area contributed by atoms with Crippen molar-refractivity contribution in [2.24, 2.45) is 0 Å². The molecular formula is C14H16F3NOS. The quantitative estimate of drug-likeness (QED) is 0.824. The maximum atomic E-state index is 12.5. The van der Waals surface area contributed by atoms with Gasteiger partial charge in [-0.05, 0) is 31.9 Å². The minimum absolute atomic E-state index is 0.119. The van der Waals surface area contributed by atoms with Gasteiger partial charge in [0.1, 0.15) is 0 Å². The van der Waals surface area contributed by atoms with Crippen molar-refractivity contribution in [2.75, 3.05) is 0 Å². The van der Waals surface area contributed by atoms with Gasteiger partial charge in [0.15, 0.2) is 0 Å². The van der Waals surface area contributed by atoms with E-state index < -0.39 is 17.9 Å². The average Bonchev–Trinajstić information content (AvgIpc) is 2.73. The Hall–Kier alpha value is -1.40. The summed E-state index contributed by atoms with van der Waals surface area (Å²) in [5.41, 5.74) is 0.429. The van der Waals surface area contributed by atoms with Crippen LogP contribution in [0.1, 0.15) is 24.0 Å². The van der Waals surface area contributed by atoms with Gasteiger partial charge in [-0.15, -0.1) is 11.3 Å². The van der Waals surface area contributed by atoms with Crippen LogP contribution in [0.4, 0.5) is 13.2 Å². The van der Waals surface area contributed by atoms with Crippen LogP contribution in [0.15, 0.2) is 35.3 Å². The van der Waals surface area contributed by atoms with Crippen LogP contribution < -0.4 is 0 Å².